The number of anilines is 2. The van der Waals surface area contributed by atoms with Crippen LogP contribution in [0.15, 0.2) is 24.3 Å². The SMILES string of the molecule is Cc1c(C#N)c(N)[nH+]c2c3c(sc12)NC(=O)C[C@@H]3c1ccccc1F. The third kappa shape index (κ3) is 2.26. The number of amides is 1. The van der Waals surface area contributed by atoms with Gasteiger partial charge in [-0.2, -0.15) is 5.26 Å². The molecule has 1 amide bonds. The Morgan fingerprint density at radius 1 is 1.44 bits per heavy atom. The summed E-state index contributed by atoms with van der Waals surface area (Å²) in [5.41, 5.74) is 9.20. The van der Waals surface area contributed by atoms with Crippen LogP contribution in [0.4, 0.5) is 15.2 Å². The van der Waals surface area contributed by atoms with E-state index < -0.39 is 5.92 Å². The number of thiophene rings is 1. The fraction of sp³-hybridized carbons (Fsp3) is 0.167. The van der Waals surface area contributed by atoms with E-state index in [0.29, 0.717) is 16.1 Å². The van der Waals surface area contributed by atoms with Crippen molar-refractivity contribution in [1.82, 2.24) is 0 Å². The number of rotatable bonds is 1. The molecule has 0 fully saturated rings. The number of nitriles is 1. The Morgan fingerprint density at radius 3 is 2.92 bits per heavy atom. The lowest BCUT2D eigenvalue weighted by Crippen LogP contribution is -2.24. The van der Waals surface area contributed by atoms with Crippen molar-refractivity contribution in [3.63, 3.8) is 0 Å². The lowest BCUT2D eigenvalue weighted by Gasteiger charge is -2.23. The van der Waals surface area contributed by atoms with Crippen LogP contribution in [0.2, 0.25) is 0 Å². The third-order valence-electron chi connectivity index (χ3n) is 4.57. The molecule has 0 saturated heterocycles. The summed E-state index contributed by atoms with van der Waals surface area (Å²) in [5.74, 6) is -0.622. The van der Waals surface area contributed by atoms with Crippen molar-refractivity contribution in [2.24, 2.45) is 0 Å². The largest absolute Gasteiger partial charge is 0.317 e. The van der Waals surface area contributed by atoms with Gasteiger partial charge in [-0.15, -0.1) is 11.3 Å². The summed E-state index contributed by atoms with van der Waals surface area (Å²) in [5, 5.41) is 12.8. The van der Waals surface area contributed by atoms with Crippen molar-refractivity contribution < 1.29 is 14.2 Å². The van der Waals surface area contributed by atoms with Crippen molar-refractivity contribution in [2.45, 2.75) is 19.3 Å². The molecule has 124 valence electrons. The van der Waals surface area contributed by atoms with E-state index in [4.69, 9.17) is 5.73 Å². The van der Waals surface area contributed by atoms with Gasteiger partial charge in [0.05, 0.1) is 4.70 Å². The number of nitrogens with zero attached hydrogens (tertiary/aromatic N) is 1. The first-order valence-corrected chi connectivity index (χ1v) is 8.55. The highest BCUT2D eigenvalue weighted by Crippen LogP contribution is 2.47. The molecular weight excluding hydrogens is 339 g/mol. The van der Waals surface area contributed by atoms with Crippen LogP contribution in [0.5, 0.6) is 0 Å². The number of pyridine rings is 1. The Kier molecular flexibility index (Phi) is 3.44. The van der Waals surface area contributed by atoms with Crippen molar-refractivity contribution in [2.75, 3.05) is 11.1 Å². The fourth-order valence-corrected chi connectivity index (χ4v) is 4.64. The zero-order valence-corrected chi connectivity index (χ0v) is 14.1. The molecule has 0 saturated carbocycles. The van der Waals surface area contributed by atoms with E-state index in [9.17, 15) is 14.4 Å². The van der Waals surface area contributed by atoms with E-state index in [1.54, 1.807) is 18.2 Å². The van der Waals surface area contributed by atoms with Gasteiger partial charge in [-0.1, -0.05) is 18.2 Å². The molecule has 0 radical (unpaired) electrons. The summed E-state index contributed by atoms with van der Waals surface area (Å²) in [7, 11) is 0. The number of aryl methyl sites for hydroxylation is 1. The van der Waals surface area contributed by atoms with Crippen LogP contribution >= 0.6 is 11.3 Å². The quantitative estimate of drug-likeness (QED) is 0.704. The highest BCUT2D eigenvalue weighted by molar-refractivity contribution is 7.23. The molecule has 0 unspecified atom stereocenters. The summed E-state index contributed by atoms with van der Waals surface area (Å²) >= 11 is 1.38. The Labute approximate surface area is 146 Å². The number of nitrogen functional groups attached to an aromatic ring is 1. The molecule has 25 heavy (non-hydrogen) atoms. The Hall–Kier alpha value is -2.98. The predicted molar refractivity (Wildman–Crippen MR) is 93.7 cm³/mol. The van der Waals surface area contributed by atoms with Crippen LogP contribution in [-0.2, 0) is 4.79 Å². The topological polar surface area (TPSA) is 93.1 Å². The van der Waals surface area contributed by atoms with Crippen LogP contribution < -0.4 is 16.0 Å². The monoisotopic (exact) mass is 353 g/mol. The minimum absolute atomic E-state index is 0.154. The van der Waals surface area contributed by atoms with Gasteiger partial charge in [0.1, 0.15) is 28.0 Å². The number of hydrogen-bond acceptors (Lipinski definition) is 4. The maximum absolute atomic E-state index is 14.4. The Balaban J connectivity index is 2.05. The molecule has 1 atom stereocenters. The van der Waals surface area contributed by atoms with E-state index in [0.717, 1.165) is 21.3 Å². The van der Waals surface area contributed by atoms with Crippen molar-refractivity contribution >= 4 is 38.3 Å². The summed E-state index contributed by atoms with van der Waals surface area (Å²) < 4.78 is 15.2. The average molecular weight is 353 g/mol. The molecule has 2 aromatic heterocycles. The number of aromatic nitrogens is 1. The summed E-state index contributed by atoms with van der Waals surface area (Å²) in [4.78, 5) is 15.2. The third-order valence-corrected chi connectivity index (χ3v) is 5.81. The fourth-order valence-electron chi connectivity index (χ4n) is 3.40. The summed E-state index contributed by atoms with van der Waals surface area (Å²) in [6.45, 7) is 1.83. The molecule has 0 bridgehead atoms. The predicted octanol–water partition coefficient (Wildman–Crippen LogP) is 3.09. The van der Waals surface area contributed by atoms with Crippen LogP contribution in [0.3, 0.4) is 0 Å². The lowest BCUT2D eigenvalue weighted by atomic mass is 9.86. The first-order valence-electron chi connectivity index (χ1n) is 7.73. The number of nitrogens with two attached hydrogens (primary N) is 1. The van der Waals surface area contributed by atoms with Gasteiger partial charge in [0, 0.05) is 17.9 Å². The van der Waals surface area contributed by atoms with Crippen molar-refractivity contribution in [1.29, 1.82) is 5.26 Å². The molecule has 3 heterocycles. The molecule has 7 heteroatoms. The minimum atomic E-state index is -0.401. The van der Waals surface area contributed by atoms with E-state index in [1.165, 1.54) is 17.4 Å². The summed E-state index contributed by atoms with van der Waals surface area (Å²) in [6, 6.07) is 8.58. The number of H-pyrrole nitrogens is 1. The van der Waals surface area contributed by atoms with E-state index in [2.05, 4.69) is 16.4 Å². The smallest absolute Gasteiger partial charge is 0.289 e. The summed E-state index contributed by atoms with van der Waals surface area (Å²) in [6.07, 6.45) is 0.159. The second-order valence-corrected chi connectivity index (χ2v) is 7.05. The zero-order chi connectivity index (χ0) is 17.7. The zero-order valence-electron chi connectivity index (χ0n) is 13.3. The number of carbonyl (C=O) groups excluding carboxylic acids is 1. The van der Waals surface area contributed by atoms with Gasteiger partial charge >= 0.3 is 0 Å². The molecule has 1 aromatic carbocycles. The molecule has 4 N–H and O–H groups in total. The van der Waals surface area contributed by atoms with Gasteiger partial charge in [-0.3, -0.25) is 10.5 Å². The standard InChI is InChI=1S/C18H13FN4OS/c1-8-11(7-20)17(21)23-15-14-10(9-4-2-3-5-12(9)19)6-13(24)22-18(14)25-16(8)15/h2-5,10H,6H2,1H3,(H2,21,23)(H,22,24)/p+1/t10-/m1/s1. The van der Waals surface area contributed by atoms with Gasteiger partial charge in [0.15, 0.2) is 0 Å². The van der Waals surface area contributed by atoms with E-state index in [1.807, 2.05) is 6.92 Å². The van der Waals surface area contributed by atoms with Gasteiger partial charge in [-0.25, -0.2) is 9.37 Å². The van der Waals surface area contributed by atoms with Gasteiger partial charge in [-0.05, 0) is 24.1 Å². The number of aromatic amines is 1. The molecule has 3 aromatic rings. The van der Waals surface area contributed by atoms with E-state index >= 15 is 0 Å². The molecule has 0 aliphatic carbocycles. The molecule has 1 aliphatic heterocycles. The van der Waals surface area contributed by atoms with Crippen LogP contribution in [0, 0.1) is 24.1 Å². The number of benzene rings is 1. The maximum atomic E-state index is 14.4. The molecule has 1 aliphatic rings. The second-order valence-electron chi connectivity index (χ2n) is 6.03. The van der Waals surface area contributed by atoms with Crippen LogP contribution in [0.25, 0.3) is 10.2 Å². The molecule has 5 nitrogen and oxygen atoms in total. The lowest BCUT2D eigenvalue weighted by molar-refractivity contribution is -0.327. The average Bonchev–Trinajstić information content (AvgIpc) is 2.93. The van der Waals surface area contributed by atoms with Gasteiger partial charge < -0.3 is 5.32 Å². The first kappa shape index (κ1) is 15.5. The van der Waals surface area contributed by atoms with Crippen LogP contribution in [0.1, 0.15) is 34.6 Å². The Bertz CT molecular complexity index is 1080. The van der Waals surface area contributed by atoms with Gasteiger partial charge in [0.2, 0.25) is 5.91 Å². The van der Waals surface area contributed by atoms with Crippen molar-refractivity contribution in [3.05, 3.63) is 52.3 Å². The van der Waals surface area contributed by atoms with Crippen LogP contribution in [-0.4, -0.2) is 5.91 Å². The normalized spacial score (nSPS) is 16.4. The minimum Gasteiger partial charge on any atom is -0.317 e. The highest BCUT2D eigenvalue weighted by atomic mass is 32.1. The second kappa shape index (κ2) is 5.53. The number of halogens is 1. The molecule has 4 rings (SSSR count). The van der Waals surface area contributed by atoms with Crippen molar-refractivity contribution in [3.8, 4) is 6.07 Å². The Morgan fingerprint density at radius 2 is 2.20 bits per heavy atom. The van der Waals surface area contributed by atoms with Gasteiger partial charge in [0.25, 0.3) is 5.82 Å². The number of hydrogen-bond donors (Lipinski definition) is 2. The highest BCUT2D eigenvalue weighted by Gasteiger charge is 2.34. The number of nitrogens with one attached hydrogen (secondary N) is 2. The maximum Gasteiger partial charge on any atom is 0.289 e. The number of fused-ring (bicyclic) bond motifs is 3. The molecule has 0 spiro atoms. The first-order chi connectivity index (χ1) is 12.0. The van der Waals surface area contributed by atoms with E-state index in [-0.39, 0.29) is 24.0 Å². The number of carbonyl (C=O) groups is 1. The molecular formula is C18H14FN4OS+.